The maximum Gasteiger partial charge on any atom is 0.0831 e. The Balaban J connectivity index is 2.11. The highest BCUT2D eigenvalue weighted by atomic mass is 32.2. The third-order valence-electron chi connectivity index (χ3n) is 2.86. The normalized spacial score (nSPS) is 12.3. The summed E-state index contributed by atoms with van der Waals surface area (Å²) in [7, 11) is 0. The molecule has 0 bridgehead atoms. The van der Waals surface area contributed by atoms with E-state index in [0.29, 0.717) is 12.1 Å². The fraction of sp³-hybridized carbons (Fsp3) is 0.214. The fourth-order valence-electron chi connectivity index (χ4n) is 1.76. The highest BCUT2D eigenvalue weighted by Crippen LogP contribution is 2.23. The van der Waals surface area contributed by atoms with Crippen LogP contribution < -0.4 is 5.73 Å². The molecule has 0 fully saturated rings. The summed E-state index contributed by atoms with van der Waals surface area (Å²) < 4.78 is 0. The van der Waals surface area contributed by atoms with Crippen LogP contribution in [0, 0.1) is 0 Å². The minimum absolute atomic E-state index is 0.484. The number of hydrogen-bond acceptors (Lipinski definition) is 4. The molecule has 0 saturated carbocycles. The molecule has 4 heteroatoms. The van der Waals surface area contributed by atoms with Crippen molar-refractivity contribution in [1.29, 1.82) is 0 Å². The third kappa shape index (κ3) is 3.03. The summed E-state index contributed by atoms with van der Waals surface area (Å²) in [6.07, 6.45) is 5.32. The second kappa shape index (κ2) is 5.89. The van der Waals surface area contributed by atoms with Crippen molar-refractivity contribution in [2.45, 2.75) is 17.4 Å². The van der Waals surface area contributed by atoms with Gasteiger partial charge in [-0.05, 0) is 35.6 Å². The number of pyridine rings is 1. The Morgan fingerprint density at radius 1 is 1.28 bits per heavy atom. The van der Waals surface area contributed by atoms with Gasteiger partial charge >= 0.3 is 0 Å². The van der Waals surface area contributed by atoms with Gasteiger partial charge in [-0.25, -0.2) is 0 Å². The number of rotatable bonds is 4. The van der Waals surface area contributed by atoms with Crippen LogP contribution in [0.1, 0.15) is 17.2 Å². The van der Waals surface area contributed by atoms with Gasteiger partial charge in [-0.15, -0.1) is 11.8 Å². The second-order valence-corrected chi connectivity index (χ2v) is 4.95. The first-order valence-electron chi connectivity index (χ1n) is 5.71. The molecule has 0 saturated heterocycles. The summed E-state index contributed by atoms with van der Waals surface area (Å²) in [4.78, 5) is 5.21. The van der Waals surface area contributed by atoms with E-state index >= 15 is 0 Å². The Morgan fingerprint density at radius 2 is 2.00 bits per heavy atom. The SMILES string of the molecule is CSc1ccc(C(O)Cc2cnccc2N)cc1. The van der Waals surface area contributed by atoms with E-state index in [0.717, 1.165) is 11.1 Å². The van der Waals surface area contributed by atoms with E-state index in [1.807, 2.05) is 30.5 Å². The predicted molar refractivity (Wildman–Crippen MR) is 75.5 cm³/mol. The van der Waals surface area contributed by atoms with Gasteiger partial charge in [0, 0.05) is 29.4 Å². The van der Waals surface area contributed by atoms with Crippen molar-refractivity contribution >= 4 is 17.4 Å². The van der Waals surface area contributed by atoms with Crippen molar-refractivity contribution in [1.82, 2.24) is 4.98 Å². The van der Waals surface area contributed by atoms with Crippen LogP contribution in [0.25, 0.3) is 0 Å². The maximum absolute atomic E-state index is 10.2. The van der Waals surface area contributed by atoms with Crippen LogP contribution in [0.15, 0.2) is 47.6 Å². The van der Waals surface area contributed by atoms with Crippen molar-refractivity contribution < 1.29 is 5.11 Å². The lowest BCUT2D eigenvalue weighted by Crippen LogP contribution is -2.04. The topological polar surface area (TPSA) is 59.1 Å². The van der Waals surface area contributed by atoms with Crippen LogP contribution in [0.4, 0.5) is 5.69 Å². The zero-order chi connectivity index (χ0) is 13.0. The standard InChI is InChI=1S/C14H16N2OS/c1-18-12-4-2-10(3-5-12)14(17)8-11-9-16-7-6-13(11)15/h2-7,9,14,17H,8H2,1H3,(H2,15,16). The summed E-state index contributed by atoms with van der Waals surface area (Å²) in [5.41, 5.74) is 8.28. The second-order valence-electron chi connectivity index (χ2n) is 4.07. The van der Waals surface area contributed by atoms with Crippen LogP contribution in [-0.4, -0.2) is 16.3 Å². The zero-order valence-corrected chi connectivity index (χ0v) is 11.0. The summed E-state index contributed by atoms with van der Waals surface area (Å²) in [6, 6.07) is 9.66. The minimum atomic E-state index is -0.549. The lowest BCUT2D eigenvalue weighted by molar-refractivity contribution is 0.178. The Morgan fingerprint density at radius 3 is 2.61 bits per heavy atom. The molecule has 0 amide bonds. The first kappa shape index (κ1) is 12.9. The molecule has 3 nitrogen and oxygen atoms in total. The summed E-state index contributed by atoms with van der Waals surface area (Å²) in [5, 5.41) is 10.2. The predicted octanol–water partition coefficient (Wildman–Crippen LogP) is 2.66. The third-order valence-corrected chi connectivity index (χ3v) is 3.60. The van der Waals surface area contributed by atoms with Gasteiger partial charge in [-0.1, -0.05) is 12.1 Å². The number of aliphatic hydroxyl groups is 1. The fourth-order valence-corrected chi connectivity index (χ4v) is 2.17. The van der Waals surface area contributed by atoms with Gasteiger partial charge < -0.3 is 10.8 Å². The number of thioether (sulfide) groups is 1. The molecule has 1 heterocycles. The number of nitrogens with two attached hydrogens (primary N) is 1. The average molecular weight is 260 g/mol. The summed E-state index contributed by atoms with van der Waals surface area (Å²) in [5.74, 6) is 0. The van der Waals surface area contributed by atoms with E-state index in [2.05, 4.69) is 4.98 Å². The average Bonchev–Trinajstić information content (AvgIpc) is 2.41. The molecule has 2 rings (SSSR count). The van der Waals surface area contributed by atoms with Crippen molar-refractivity contribution in [2.24, 2.45) is 0 Å². The molecule has 1 aromatic heterocycles. The number of anilines is 1. The Hall–Kier alpha value is -1.52. The molecule has 0 aliphatic heterocycles. The van der Waals surface area contributed by atoms with Gasteiger partial charge in [0.1, 0.15) is 0 Å². The molecule has 94 valence electrons. The molecule has 0 radical (unpaired) electrons. The Labute approximate surface area is 111 Å². The van der Waals surface area contributed by atoms with E-state index < -0.39 is 6.10 Å². The largest absolute Gasteiger partial charge is 0.398 e. The molecule has 0 aliphatic rings. The maximum atomic E-state index is 10.2. The highest BCUT2D eigenvalue weighted by Gasteiger charge is 2.10. The monoisotopic (exact) mass is 260 g/mol. The van der Waals surface area contributed by atoms with Crippen molar-refractivity contribution in [3.8, 4) is 0 Å². The number of aliphatic hydroxyl groups excluding tert-OH is 1. The van der Waals surface area contributed by atoms with Crippen molar-refractivity contribution in [3.05, 3.63) is 53.9 Å². The van der Waals surface area contributed by atoms with Crippen LogP contribution in [-0.2, 0) is 6.42 Å². The molecule has 18 heavy (non-hydrogen) atoms. The molecule has 1 aromatic carbocycles. The lowest BCUT2D eigenvalue weighted by atomic mass is 10.0. The molecule has 3 N–H and O–H groups in total. The molecule has 0 spiro atoms. The highest BCUT2D eigenvalue weighted by molar-refractivity contribution is 7.98. The Bertz CT molecular complexity index is 513. The quantitative estimate of drug-likeness (QED) is 0.830. The van der Waals surface area contributed by atoms with Crippen LogP contribution in [0.2, 0.25) is 0 Å². The number of hydrogen-bond donors (Lipinski definition) is 2. The van der Waals surface area contributed by atoms with Gasteiger partial charge in [-0.3, -0.25) is 4.98 Å². The first-order chi connectivity index (χ1) is 8.70. The van der Waals surface area contributed by atoms with Gasteiger partial charge in [0.05, 0.1) is 6.10 Å². The molecule has 1 unspecified atom stereocenters. The number of nitrogens with zero attached hydrogens (tertiary/aromatic N) is 1. The Kier molecular flexibility index (Phi) is 4.23. The van der Waals surface area contributed by atoms with Gasteiger partial charge in [-0.2, -0.15) is 0 Å². The molecule has 1 atom stereocenters. The van der Waals surface area contributed by atoms with Gasteiger partial charge in [0.25, 0.3) is 0 Å². The smallest absolute Gasteiger partial charge is 0.0831 e. The lowest BCUT2D eigenvalue weighted by Gasteiger charge is -2.12. The van der Waals surface area contributed by atoms with Crippen LogP contribution in [0.3, 0.4) is 0 Å². The minimum Gasteiger partial charge on any atom is -0.398 e. The van der Waals surface area contributed by atoms with Crippen LogP contribution in [0.5, 0.6) is 0 Å². The number of nitrogen functional groups attached to an aromatic ring is 1. The molecular weight excluding hydrogens is 244 g/mol. The van der Waals surface area contributed by atoms with Crippen molar-refractivity contribution in [2.75, 3.05) is 12.0 Å². The van der Waals surface area contributed by atoms with Crippen LogP contribution >= 0.6 is 11.8 Å². The molecule has 2 aromatic rings. The number of aromatic nitrogens is 1. The van der Waals surface area contributed by atoms with Gasteiger partial charge in [0.15, 0.2) is 0 Å². The van der Waals surface area contributed by atoms with Crippen molar-refractivity contribution in [3.63, 3.8) is 0 Å². The van der Waals surface area contributed by atoms with Gasteiger partial charge in [0.2, 0.25) is 0 Å². The summed E-state index contributed by atoms with van der Waals surface area (Å²) in [6.45, 7) is 0. The molecule has 0 aliphatic carbocycles. The summed E-state index contributed by atoms with van der Waals surface area (Å²) >= 11 is 1.68. The van der Waals surface area contributed by atoms with E-state index in [4.69, 9.17) is 5.73 Å². The van der Waals surface area contributed by atoms with E-state index in [1.165, 1.54) is 4.90 Å². The van der Waals surface area contributed by atoms with E-state index in [-0.39, 0.29) is 0 Å². The van der Waals surface area contributed by atoms with E-state index in [1.54, 1.807) is 30.2 Å². The van der Waals surface area contributed by atoms with E-state index in [9.17, 15) is 5.11 Å². The number of benzene rings is 1. The first-order valence-corrected chi connectivity index (χ1v) is 6.93. The molecular formula is C14H16N2OS. The zero-order valence-electron chi connectivity index (χ0n) is 10.2.